The monoisotopic (exact) mass is 498 g/mol. The van der Waals surface area contributed by atoms with Crippen molar-refractivity contribution in [3.63, 3.8) is 0 Å². The Bertz CT molecular complexity index is 1250. The molecule has 2 aliphatic rings. The van der Waals surface area contributed by atoms with Crippen LogP contribution >= 0.6 is 11.3 Å². The number of ketones is 1. The summed E-state index contributed by atoms with van der Waals surface area (Å²) in [6.45, 7) is 5.38. The van der Waals surface area contributed by atoms with Crippen LogP contribution in [0.25, 0.3) is 0 Å². The SMILES string of the molecule is CCOC(=O)C1=C(C)NC2=C(C(=O)C[C@H](c3cccs3)C2)[C@@H]1c1cc(OCC)c(O)c([N+](=O)[O-])c1. The first-order chi connectivity index (χ1) is 16.8. The normalized spacial score (nSPS) is 19.8. The van der Waals surface area contributed by atoms with Gasteiger partial charge in [0.1, 0.15) is 0 Å². The van der Waals surface area contributed by atoms with Crippen molar-refractivity contribution in [3.8, 4) is 11.5 Å². The van der Waals surface area contributed by atoms with Crippen LogP contribution in [-0.4, -0.2) is 35.0 Å². The molecule has 0 unspecified atom stereocenters. The lowest BCUT2D eigenvalue weighted by Crippen LogP contribution is -2.36. The highest BCUT2D eigenvalue weighted by molar-refractivity contribution is 7.10. The number of esters is 1. The molecule has 0 fully saturated rings. The van der Waals surface area contributed by atoms with Crippen LogP contribution in [0.5, 0.6) is 11.5 Å². The number of nitrogens with zero attached hydrogens (tertiary/aromatic N) is 1. The van der Waals surface area contributed by atoms with Crippen molar-refractivity contribution < 1.29 is 29.1 Å². The van der Waals surface area contributed by atoms with Crippen LogP contribution in [0.3, 0.4) is 0 Å². The third-order valence-corrected chi connectivity index (χ3v) is 7.21. The first-order valence-corrected chi connectivity index (χ1v) is 12.2. The van der Waals surface area contributed by atoms with E-state index in [1.807, 2.05) is 17.5 Å². The molecule has 2 heterocycles. The molecule has 0 bridgehead atoms. The van der Waals surface area contributed by atoms with Crippen LogP contribution in [0, 0.1) is 10.1 Å². The molecule has 35 heavy (non-hydrogen) atoms. The Morgan fingerprint density at radius 2 is 2.06 bits per heavy atom. The second-order valence-electron chi connectivity index (χ2n) is 8.33. The Morgan fingerprint density at radius 3 is 2.69 bits per heavy atom. The maximum atomic E-state index is 13.6. The van der Waals surface area contributed by atoms with E-state index >= 15 is 0 Å². The van der Waals surface area contributed by atoms with Gasteiger partial charge in [0.2, 0.25) is 5.75 Å². The summed E-state index contributed by atoms with van der Waals surface area (Å²) < 4.78 is 10.8. The van der Waals surface area contributed by atoms with E-state index < -0.39 is 28.2 Å². The highest BCUT2D eigenvalue weighted by Crippen LogP contribution is 2.49. The second-order valence-corrected chi connectivity index (χ2v) is 9.31. The molecule has 0 spiro atoms. The number of carbonyl (C=O) groups excluding carboxylic acids is 2. The number of benzene rings is 1. The quantitative estimate of drug-likeness (QED) is 0.320. The average Bonchev–Trinajstić information content (AvgIpc) is 3.34. The van der Waals surface area contributed by atoms with Crippen LogP contribution in [-0.2, 0) is 14.3 Å². The summed E-state index contributed by atoms with van der Waals surface area (Å²) in [6.07, 6.45) is 0.815. The van der Waals surface area contributed by atoms with Gasteiger partial charge in [0.25, 0.3) is 0 Å². The number of ether oxygens (including phenoxy) is 2. The van der Waals surface area contributed by atoms with E-state index in [1.54, 1.807) is 32.1 Å². The Hall–Kier alpha value is -3.66. The third-order valence-electron chi connectivity index (χ3n) is 6.18. The van der Waals surface area contributed by atoms with E-state index in [0.717, 1.165) is 4.88 Å². The summed E-state index contributed by atoms with van der Waals surface area (Å²) in [5.41, 5.74) is 1.53. The summed E-state index contributed by atoms with van der Waals surface area (Å²) in [5.74, 6) is -2.35. The highest BCUT2D eigenvalue weighted by atomic mass is 32.1. The van der Waals surface area contributed by atoms with Gasteiger partial charge in [-0.3, -0.25) is 14.9 Å². The average molecular weight is 499 g/mol. The molecular formula is C25H26N2O7S. The lowest BCUT2D eigenvalue weighted by atomic mass is 9.72. The van der Waals surface area contributed by atoms with Crippen LogP contribution in [0.15, 0.2) is 52.2 Å². The lowest BCUT2D eigenvalue weighted by molar-refractivity contribution is -0.386. The number of rotatable bonds is 7. The molecule has 184 valence electrons. The number of dihydropyridines is 1. The maximum Gasteiger partial charge on any atom is 0.336 e. The molecule has 9 nitrogen and oxygen atoms in total. The van der Waals surface area contributed by atoms with E-state index in [-0.39, 0.29) is 42.7 Å². The first kappa shape index (κ1) is 24.5. The number of carbonyl (C=O) groups is 2. The Balaban J connectivity index is 1.91. The molecule has 1 aromatic heterocycles. The van der Waals surface area contributed by atoms with E-state index in [1.165, 1.54) is 12.1 Å². The van der Waals surface area contributed by atoms with Gasteiger partial charge < -0.3 is 19.9 Å². The number of nitro groups is 1. The zero-order chi connectivity index (χ0) is 25.3. The van der Waals surface area contributed by atoms with Gasteiger partial charge in [-0.05, 0) is 50.3 Å². The van der Waals surface area contributed by atoms with E-state index in [4.69, 9.17) is 9.47 Å². The Labute approximate surface area is 206 Å². The summed E-state index contributed by atoms with van der Waals surface area (Å²) in [5, 5.41) is 27.3. The van der Waals surface area contributed by atoms with Gasteiger partial charge >= 0.3 is 11.7 Å². The predicted octanol–water partition coefficient (Wildman–Crippen LogP) is 4.69. The van der Waals surface area contributed by atoms with E-state index in [0.29, 0.717) is 29.0 Å². The zero-order valence-corrected chi connectivity index (χ0v) is 20.4. The molecule has 0 saturated carbocycles. The van der Waals surface area contributed by atoms with Crippen LogP contribution in [0.4, 0.5) is 5.69 Å². The molecule has 1 aliphatic heterocycles. The number of aromatic hydroxyl groups is 1. The number of nitrogens with one attached hydrogen (secondary N) is 1. The van der Waals surface area contributed by atoms with Gasteiger partial charge in [-0.25, -0.2) is 4.79 Å². The predicted molar refractivity (Wildman–Crippen MR) is 129 cm³/mol. The minimum atomic E-state index is -0.902. The van der Waals surface area contributed by atoms with Crippen molar-refractivity contribution in [2.45, 2.75) is 45.4 Å². The van der Waals surface area contributed by atoms with E-state index in [2.05, 4.69) is 5.32 Å². The van der Waals surface area contributed by atoms with Crippen molar-refractivity contribution in [2.24, 2.45) is 0 Å². The van der Waals surface area contributed by atoms with Crippen LogP contribution in [0.1, 0.15) is 55.9 Å². The van der Waals surface area contributed by atoms with Gasteiger partial charge in [-0.1, -0.05) is 6.07 Å². The molecule has 4 rings (SSSR count). The third kappa shape index (κ3) is 4.53. The molecule has 0 amide bonds. The zero-order valence-electron chi connectivity index (χ0n) is 19.6. The molecule has 1 aliphatic carbocycles. The van der Waals surface area contributed by atoms with Crippen molar-refractivity contribution in [2.75, 3.05) is 13.2 Å². The summed E-state index contributed by atoms with van der Waals surface area (Å²) in [7, 11) is 0. The molecular weight excluding hydrogens is 472 g/mol. The van der Waals surface area contributed by atoms with Crippen molar-refractivity contribution in [1.29, 1.82) is 0 Å². The number of phenolic OH excluding ortho intramolecular Hbond substituents is 1. The molecule has 1 aromatic carbocycles. The standard InChI is InChI=1S/C25H26N2O7S/c1-4-33-19-12-15(10-17(24(19)29)27(31)32)22-21(25(30)34-5-2)13(3)26-16-9-14(11-18(28)23(16)22)20-7-6-8-35-20/h6-8,10,12,14,22,26,29H,4-5,9,11H2,1-3H3/t14-,22-/m1/s1. The maximum absolute atomic E-state index is 13.6. The molecule has 2 atom stereocenters. The van der Waals surface area contributed by atoms with Crippen LogP contribution < -0.4 is 10.1 Å². The van der Waals surface area contributed by atoms with Gasteiger partial charge in [-0.2, -0.15) is 0 Å². The fraction of sp³-hybridized carbons (Fsp3) is 0.360. The topological polar surface area (TPSA) is 128 Å². The van der Waals surface area contributed by atoms with Gasteiger partial charge in [0, 0.05) is 46.2 Å². The van der Waals surface area contributed by atoms with E-state index in [9.17, 15) is 24.8 Å². The summed E-state index contributed by atoms with van der Waals surface area (Å²) in [6, 6.07) is 6.60. The minimum absolute atomic E-state index is 0.000479. The molecule has 0 saturated heterocycles. The number of allylic oxidation sites excluding steroid dienone is 3. The lowest BCUT2D eigenvalue weighted by Gasteiger charge is -2.36. The Morgan fingerprint density at radius 1 is 1.29 bits per heavy atom. The van der Waals surface area contributed by atoms with Gasteiger partial charge in [-0.15, -0.1) is 11.3 Å². The number of hydrogen-bond donors (Lipinski definition) is 2. The number of hydrogen-bond acceptors (Lipinski definition) is 9. The molecule has 10 heteroatoms. The number of nitro benzene ring substituents is 1. The van der Waals surface area contributed by atoms with Crippen LogP contribution in [0.2, 0.25) is 0 Å². The smallest absolute Gasteiger partial charge is 0.336 e. The number of phenols is 1. The molecule has 2 aromatic rings. The fourth-order valence-electron chi connectivity index (χ4n) is 4.76. The summed E-state index contributed by atoms with van der Waals surface area (Å²) in [4.78, 5) is 38.7. The number of Topliss-reactive ketones (excluding diaryl/α,β-unsaturated/α-hetero) is 1. The van der Waals surface area contributed by atoms with Gasteiger partial charge in [0.05, 0.1) is 23.7 Å². The highest BCUT2D eigenvalue weighted by Gasteiger charge is 2.42. The van der Waals surface area contributed by atoms with Crippen molar-refractivity contribution in [1.82, 2.24) is 5.32 Å². The fourth-order valence-corrected chi connectivity index (χ4v) is 5.59. The minimum Gasteiger partial charge on any atom is -0.500 e. The first-order valence-electron chi connectivity index (χ1n) is 11.3. The molecule has 2 N–H and O–H groups in total. The van der Waals surface area contributed by atoms with Crippen molar-refractivity contribution >= 4 is 28.8 Å². The molecule has 0 radical (unpaired) electrons. The Kier molecular flexibility index (Phi) is 6.93. The second kappa shape index (κ2) is 9.91. The summed E-state index contributed by atoms with van der Waals surface area (Å²) >= 11 is 1.59. The van der Waals surface area contributed by atoms with Crippen molar-refractivity contribution in [3.05, 3.63) is 72.7 Å². The number of thiophene rings is 1. The largest absolute Gasteiger partial charge is 0.500 e. The van der Waals surface area contributed by atoms with Gasteiger partial charge in [0.15, 0.2) is 11.5 Å².